The summed E-state index contributed by atoms with van der Waals surface area (Å²) in [7, 11) is -3.38. The second kappa shape index (κ2) is 9.70. The molecule has 1 saturated carbocycles. The highest BCUT2D eigenvalue weighted by Gasteiger charge is 2.37. The van der Waals surface area contributed by atoms with Crippen LogP contribution in [0.2, 0.25) is 0 Å². The van der Waals surface area contributed by atoms with Crippen molar-refractivity contribution in [3.8, 4) is 0 Å². The van der Waals surface area contributed by atoms with Crippen molar-refractivity contribution in [2.45, 2.75) is 96.6 Å². The Bertz CT molecular complexity index is 583. The van der Waals surface area contributed by atoms with Crippen LogP contribution in [0.1, 0.15) is 73.1 Å². The summed E-state index contributed by atoms with van der Waals surface area (Å²) >= 11 is 0. The van der Waals surface area contributed by atoms with Gasteiger partial charge in [0.1, 0.15) is 0 Å². The third kappa shape index (κ3) is 6.16. The number of ether oxygens (including phenoxy) is 1. The van der Waals surface area contributed by atoms with Gasteiger partial charge in [-0.3, -0.25) is 4.79 Å². The summed E-state index contributed by atoms with van der Waals surface area (Å²) in [4.78, 5) is 13.9. The minimum Gasteiger partial charge on any atom is -0.376 e. The molecule has 0 aromatic rings. The van der Waals surface area contributed by atoms with E-state index in [0.29, 0.717) is 19.1 Å². The zero-order valence-corrected chi connectivity index (χ0v) is 18.4. The molecule has 2 aliphatic rings. The minimum atomic E-state index is -3.38. The quantitative estimate of drug-likeness (QED) is 0.710. The molecule has 158 valence electrons. The number of rotatable bonds is 7. The lowest BCUT2D eigenvalue weighted by Gasteiger charge is -2.42. The van der Waals surface area contributed by atoms with E-state index in [4.69, 9.17) is 4.74 Å². The zero-order chi connectivity index (χ0) is 20.2. The molecule has 0 spiro atoms. The normalized spacial score (nSPS) is 30.1. The maximum absolute atomic E-state index is 12.4. The number of piperidine rings is 1. The molecule has 1 aliphatic carbocycles. The van der Waals surface area contributed by atoms with Gasteiger partial charge in [-0.25, -0.2) is 13.1 Å². The van der Waals surface area contributed by atoms with Crippen LogP contribution < -0.4 is 4.72 Å². The Morgan fingerprint density at radius 3 is 2.26 bits per heavy atom. The van der Waals surface area contributed by atoms with Gasteiger partial charge in [0.15, 0.2) is 0 Å². The van der Waals surface area contributed by atoms with E-state index in [1.165, 1.54) is 12.8 Å². The molecule has 2 unspecified atom stereocenters. The summed E-state index contributed by atoms with van der Waals surface area (Å²) in [6.45, 7) is 10.5. The standard InChI is InChI=1S/C20H38N2O4S/c1-14(2)17-8-10-18(11-9-17)26-13-20-19(21-27(24,25)15(3)4)7-6-12-22(20)16(5)23/h14-15,17-21H,6-13H2,1-5H3. The topological polar surface area (TPSA) is 75.7 Å². The Morgan fingerprint density at radius 1 is 1.11 bits per heavy atom. The molecule has 0 radical (unpaired) electrons. The molecule has 1 aliphatic heterocycles. The van der Waals surface area contributed by atoms with Gasteiger partial charge in [-0.1, -0.05) is 13.8 Å². The highest BCUT2D eigenvalue weighted by molar-refractivity contribution is 7.90. The van der Waals surface area contributed by atoms with Gasteiger partial charge in [-0.2, -0.15) is 0 Å². The van der Waals surface area contributed by atoms with Crippen LogP contribution in [0.25, 0.3) is 0 Å². The minimum absolute atomic E-state index is 0.0134. The van der Waals surface area contributed by atoms with Gasteiger partial charge in [0, 0.05) is 19.5 Å². The van der Waals surface area contributed by atoms with Crippen molar-refractivity contribution in [1.82, 2.24) is 9.62 Å². The fourth-order valence-corrected chi connectivity index (χ4v) is 5.26. The van der Waals surface area contributed by atoms with Crippen LogP contribution >= 0.6 is 0 Å². The van der Waals surface area contributed by atoms with Gasteiger partial charge in [-0.15, -0.1) is 0 Å². The molecule has 1 heterocycles. The number of sulfonamides is 1. The van der Waals surface area contributed by atoms with Crippen LogP contribution in [0.4, 0.5) is 0 Å². The molecular formula is C20H38N2O4S. The molecule has 1 N–H and O–H groups in total. The van der Waals surface area contributed by atoms with E-state index < -0.39 is 15.3 Å². The van der Waals surface area contributed by atoms with E-state index in [0.717, 1.165) is 31.6 Å². The highest BCUT2D eigenvalue weighted by atomic mass is 32.2. The SMILES string of the molecule is CC(=O)N1CCCC(NS(=O)(=O)C(C)C)C1COC1CCC(C(C)C)CC1. The van der Waals surface area contributed by atoms with Crippen LogP contribution in [-0.2, 0) is 19.6 Å². The summed E-state index contributed by atoms with van der Waals surface area (Å²) in [5.74, 6) is 1.48. The van der Waals surface area contributed by atoms with Crippen molar-refractivity contribution >= 4 is 15.9 Å². The first-order valence-corrected chi connectivity index (χ1v) is 12.1. The Morgan fingerprint density at radius 2 is 1.74 bits per heavy atom. The third-order valence-corrected chi connectivity index (χ3v) is 8.16. The Kier molecular flexibility index (Phi) is 8.13. The van der Waals surface area contributed by atoms with Crippen molar-refractivity contribution in [3.63, 3.8) is 0 Å². The zero-order valence-electron chi connectivity index (χ0n) is 17.6. The van der Waals surface area contributed by atoms with Gasteiger partial charge in [0.25, 0.3) is 0 Å². The Hall–Kier alpha value is -0.660. The molecular weight excluding hydrogens is 364 g/mol. The average molecular weight is 403 g/mol. The largest absolute Gasteiger partial charge is 0.376 e. The lowest BCUT2D eigenvalue weighted by molar-refractivity contribution is -0.136. The van der Waals surface area contributed by atoms with Crippen LogP contribution in [0.3, 0.4) is 0 Å². The number of hydrogen-bond acceptors (Lipinski definition) is 4. The van der Waals surface area contributed by atoms with Gasteiger partial charge in [0.05, 0.1) is 24.0 Å². The van der Waals surface area contributed by atoms with Gasteiger partial charge < -0.3 is 9.64 Å². The lowest BCUT2D eigenvalue weighted by Crippen LogP contribution is -2.59. The van der Waals surface area contributed by atoms with E-state index >= 15 is 0 Å². The number of amides is 1. The molecule has 1 saturated heterocycles. The van der Waals surface area contributed by atoms with Crippen molar-refractivity contribution in [2.75, 3.05) is 13.2 Å². The first-order valence-electron chi connectivity index (χ1n) is 10.5. The van der Waals surface area contributed by atoms with Crippen molar-refractivity contribution in [3.05, 3.63) is 0 Å². The fraction of sp³-hybridized carbons (Fsp3) is 0.950. The van der Waals surface area contributed by atoms with E-state index in [-0.39, 0.29) is 24.1 Å². The summed E-state index contributed by atoms with van der Waals surface area (Å²) in [5, 5.41) is -0.488. The number of carbonyl (C=O) groups excluding carboxylic acids is 1. The maximum Gasteiger partial charge on any atom is 0.219 e. The molecule has 27 heavy (non-hydrogen) atoms. The van der Waals surface area contributed by atoms with E-state index in [2.05, 4.69) is 18.6 Å². The Labute approximate surface area is 165 Å². The van der Waals surface area contributed by atoms with Crippen LogP contribution in [0.15, 0.2) is 0 Å². The first kappa shape index (κ1) is 22.6. The monoisotopic (exact) mass is 402 g/mol. The van der Waals surface area contributed by atoms with Crippen LogP contribution in [0.5, 0.6) is 0 Å². The van der Waals surface area contributed by atoms with Gasteiger partial charge in [0.2, 0.25) is 15.9 Å². The predicted octanol–water partition coefficient (Wildman–Crippen LogP) is 2.93. The predicted molar refractivity (Wildman–Crippen MR) is 108 cm³/mol. The number of hydrogen-bond donors (Lipinski definition) is 1. The lowest BCUT2D eigenvalue weighted by atomic mass is 9.80. The molecule has 2 atom stereocenters. The summed E-state index contributed by atoms with van der Waals surface area (Å²) < 4.78 is 33.8. The van der Waals surface area contributed by atoms with Crippen molar-refractivity contribution in [2.24, 2.45) is 11.8 Å². The summed E-state index contributed by atoms with van der Waals surface area (Å²) in [6.07, 6.45) is 6.25. The van der Waals surface area contributed by atoms with Crippen LogP contribution in [0, 0.1) is 11.8 Å². The molecule has 0 aromatic heterocycles. The molecule has 1 amide bonds. The second-order valence-electron chi connectivity index (χ2n) is 8.85. The first-order chi connectivity index (χ1) is 12.6. The molecule has 2 fully saturated rings. The van der Waals surface area contributed by atoms with E-state index in [1.54, 1.807) is 25.7 Å². The van der Waals surface area contributed by atoms with Crippen LogP contribution in [-0.4, -0.2) is 55.8 Å². The van der Waals surface area contributed by atoms with Gasteiger partial charge >= 0.3 is 0 Å². The average Bonchev–Trinajstić information content (AvgIpc) is 2.60. The fourth-order valence-electron chi connectivity index (χ4n) is 4.30. The number of nitrogens with zero attached hydrogens (tertiary/aromatic N) is 1. The van der Waals surface area contributed by atoms with Crippen molar-refractivity contribution < 1.29 is 17.9 Å². The van der Waals surface area contributed by atoms with Gasteiger partial charge in [-0.05, 0) is 64.2 Å². The number of carbonyl (C=O) groups is 1. The Balaban J connectivity index is 2.00. The molecule has 0 aromatic carbocycles. The van der Waals surface area contributed by atoms with Crippen molar-refractivity contribution in [1.29, 1.82) is 0 Å². The summed E-state index contributed by atoms with van der Waals surface area (Å²) in [6, 6.07) is -0.505. The number of likely N-dealkylation sites (tertiary alicyclic amines) is 1. The molecule has 7 heteroatoms. The molecule has 0 bridgehead atoms. The molecule has 2 rings (SSSR count). The highest BCUT2D eigenvalue weighted by Crippen LogP contribution is 2.31. The van der Waals surface area contributed by atoms with E-state index in [9.17, 15) is 13.2 Å². The smallest absolute Gasteiger partial charge is 0.219 e. The molecule has 6 nitrogen and oxygen atoms in total. The van der Waals surface area contributed by atoms with E-state index in [1.807, 2.05) is 0 Å². The second-order valence-corrected chi connectivity index (χ2v) is 11.1. The third-order valence-electron chi connectivity index (χ3n) is 6.28. The maximum atomic E-state index is 12.4. The summed E-state index contributed by atoms with van der Waals surface area (Å²) in [5.41, 5.74) is 0. The number of nitrogens with one attached hydrogen (secondary N) is 1.